The van der Waals surface area contributed by atoms with Crippen LogP contribution in [0.4, 0.5) is 4.39 Å². The molecule has 0 aliphatic carbocycles. The maximum atomic E-state index is 14.4. The molecule has 106 valence electrons. The molecule has 0 saturated heterocycles. The van der Waals surface area contributed by atoms with Gasteiger partial charge in [-0.25, -0.2) is 4.39 Å². The Balaban J connectivity index is 2.56. The Morgan fingerprint density at radius 1 is 1.20 bits per heavy atom. The molecule has 1 unspecified atom stereocenters. The second kappa shape index (κ2) is 6.70. The van der Waals surface area contributed by atoms with E-state index in [0.29, 0.717) is 10.0 Å². The van der Waals surface area contributed by atoms with E-state index >= 15 is 0 Å². The molecule has 4 heteroatoms. The average Bonchev–Trinajstić information content (AvgIpc) is 2.45. The van der Waals surface area contributed by atoms with Crippen molar-refractivity contribution in [3.63, 3.8) is 0 Å². The molecule has 2 rings (SSSR count). The van der Waals surface area contributed by atoms with E-state index in [1.807, 2.05) is 24.3 Å². The van der Waals surface area contributed by atoms with Gasteiger partial charge in [0.1, 0.15) is 0 Å². The van der Waals surface area contributed by atoms with Crippen molar-refractivity contribution in [2.45, 2.75) is 19.9 Å². The number of rotatable bonds is 4. The highest BCUT2D eigenvalue weighted by Crippen LogP contribution is 2.36. The summed E-state index contributed by atoms with van der Waals surface area (Å²) in [6.45, 7) is 4.98. The van der Waals surface area contributed by atoms with Crippen LogP contribution in [0, 0.1) is 5.82 Å². The maximum absolute atomic E-state index is 14.4. The molecule has 0 aliphatic heterocycles. The molecule has 1 N–H and O–H groups in total. The van der Waals surface area contributed by atoms with Gasteiger partial charge >= 0.3 is 0 Å². The van der Waals surface area contributed by atoms with Crippen LogP contribution in [0.25, 0.3) is 11.1 Å². The van der Waals surface area contributed by atoms with Crippen molar-refractivity contribution in [3.8, 4) is 11.1 Å². The molecule has 2 aromatic carbocycles. The minimum absolute atomic E-state index is 0.119. The summed E-state index contributed by atoms with van der Waals surface area (Å²) >= 11 is 9.23. The molecule has 0 fully saturated rings. The summed E-state index contributed by atoms with van der Waals surface area (Å²) in [5, 5.41) is 3.47. The summed E-state index contributed by atoms with van der Waals surface area (Å²) in [5.41, 5.74) is 2.46. The van der Waals surface area contributed by atoms with Crippen molar-refractivity contribution < 1.29 is 4.39 Å². The van der Waals surface area contributed by atoms with Gasteiger partial charge in [0.25, 0.3) is 0 Å². The Hall–Kier alpha value is -0.900. The van der Waals surface area contributed by atoms with Crippen molar-refractivity contribution >= 4 is 27.5 Å². The number of halogens is 3. The summed E-state index contributed by atoms with van der Waals surface area (Å²) in [6, 6.07) is 11.5. The van der Waals surface area contributed by atoms with Crippen molar-refractivity contribution in [1.29, 1.82) is 0 Å². The van der Waals surface area contributed by atoms with Gasteiger partial charge in [-0.15, -0.1) is 0 Å². The zero-order valence-corrected chi connectivity index (χ0v) is 13.7. The van der Waals surface area contributed by atoms with Crippen molar-refractivity contribution in [1.82, 2.24) is 5.32 Å². The van der Waals surface area contributed by atoms with Gasteiger partial charge in [0.05, 0.1) is 5.02 Å². The third-order valence-electron chi connectivity index (χ3n) is 3.26. The number of nitrogens with one attached hydrogen (secondary N) is 1. The first-order chi connectivity index (χ1) is 9.56. The van der Waals surface area contributed by atoms with Crippen molar-refractivity contribution in [2.24, 2.45) is 0 Å². The molecule has 20 heavy (non-hydrogen) atoms. The second-order valence-electron chi connectivity index (χ2n) is 4.59. The largest absolute Gasteiger partial charge is 0.310 e. The molecule has 1 atom stereocenters. The SMILES string of the molecule is CCNC(C)c1ccccc1-c1ccc(Br)c(Cl)c1F. The molecule has 0 spiro atoms. The van der Waals surface area contributed by atoms with Crippen LogP contribution in [0.3, 0.4) is 0 Å². The standard InChI is InChI=1S/C16H16BrClFN/c1-3-20-10(2)11-6-4-5-7-12(11)13-8-9-14(17)15(18)16(13)19/h4-10,20H,3H2,1-2H3. The monoisotopic (exact) mass is 355 g/mol. The van der Waals surface area contributed by atoms with Crippen LogP contribution >= 0.6 is 27.5 Å². The molecule has 0 bridgehead atoms. The van der Waals surface area contributed by atoms with E-state index in [0.717, 1.165) is 17.7 Å². The average molecular weight is 357 g/mol. The smallest absolute Gasteiger partial charge is 0.150 e. The lowest BCUT2D eigenvalue weighted by Gasteiger charge is -2.18. The van der Waals surface area contributed by atoms with Gasteiger partial charge in [0, 0.05) is 16.1 Å². The van der Waals surface area contributed by atoms with Crippen LogP contribution in [0.15, 0.2) is 40.9 Å². The zero-order chi connectivity index (χ0) is 14.7. The summed E-state index contributed by atoms with van der Waals surface area (Å²) in [5.74, 6) is -0.391. The Morgan fingerprint density at radius 3 is 2.60 bits per heavy atom. The van der Waals surface area contributed by atoms with Crippen LogP contribution < -0.4 is 5.32 Å². The summed E-state index contributed by atoms with van der Waals surface area (Å²) in [7, 11) is 0. The first-order valence-electron chi connectivity index (χ1n) is 6.52. The van der Waals surface area contributed by atoms with E-state index in [1.165, 1.54) is 0 Å². The normalized spacial score (nSPS) is 12.4. The molecule has 0 amide bonds. The molecule has 0 aliphatic rings. The molecular formula is C16H16BrClFN. The Labute approximate surface area is 132 Å². The maximum Gasteiger partial charge on any atom is 0.150 e. The van der Waals surface area contributed by atoms with E-state index in [-0.39, 0.29) is 11.1 Å². The first-order valence-corrected chi connectivity index (χ1v) is 7.69. The lowest BCUT2D eigenvalue weighted by molar-refractivity contribution is 0.597. The van der Waals surface area contributed by atoms with E-state index in [1.54, 1.807) is 12.1 Å². The van der Waals surface area contributed by atoms with Gasteiger partial charge in [-0.05, 0) is 46.6 Å². The number of hydrogen-bond donors (Lipinski definition) is 1. The Morgan fingerprint density at radius 2 is 1.90 bits per heavy atom. The number of benzene rings is 2. The fourth-order valence-corrected chi connectivity index (χ4v) is 2.74. The van der Waals surface area contributed by atoms with E-state index in [2.05, 4.69) is 35.1 Å². The molecular weight excluding hydrogens is 341 g/mol. The highest BCUT2D eigenvalue weighted by molar-refractivity contribution is 9.10. The lowest BCUT2D eigenvalue weighted by Crippen LogP contribution is -2.18. The fraction of sp³-hybridized carbons (Fsp3) is 0.250. The highest BCUT2D eigenvalue weighted by atomic mass is 79.9. The first kappa shape index (κ1) is 15.5. The third kappa shape index (κ3) is 3.05. The molecule has 0 aromatic heterocycles. The summed E-state index contributed by atoms with van der Waals surface area (Å²) < 4.78 is 15.0. The molecule has 0 saturated carbocycles. The van der Waals surface area contributed by atoms with Gasteiger partial charge in [-0.1, -0.05) is 48.9 Å². The van der Waals surface area contributed by atoms with Gasteiger partial charge in [-0.2, -0.15) is 0 Å². The molecule has 2 aromatic rings. The molecule has 0 heterocycles. The topological polar surface area (TPSA) is 12.0 Å². The quantitative estimate of drug-likeness (QED) is 0.705. The minimum atomic E-state index is -0.391. The van der Waals surface area contributed by atoms with Gasteiger partial charge in [0.15, 0.2) is 5.82 Å². The molecule has 0 radical (unpaired) electrons. The van der Waals surface area contributed by atoms with Crippen LogP contribution in [0.2, 0.25) is 5.02 Å². The van der Waals surface area contributed by atoms with E-state index in [9.17, 15) is 4.39 Å². The van der Waals surface area contributed by atoms with Gasteiger partial charge < -0.3 is 5.32 Å². The molecule has 1 nitrogen and oxygen atoms in total. The van der Waals surface area contributed by atoms with Crippen LogP contribution in [0.5, 0.6) is 0 Å². The second-order valence-corrected chi connectivity index (χ2v) is 5.82. The van der Waals surface area contributed by atoms with Crippen LogP contribution in [-0.4, -0.2) is 6.54 Å². The minimum Gasteiger partial charge on any atom is -0.310 e. The van der Waals surface area contributed by atoms with Crippen LogP contribution in [0.1, 0.15) is 25.5 Å². The van der Waals surface area contributed by atoms with Gasteiger partial charge in [-0.3, -0.25) is 0 Å². The predicted octanol–water partition coefficient (Wildman–Crippen LogP) is 5.58. The fourth-order valence-electron chi connectivity index (χ4n) is 2.27. The summed E-state index contributed by atoms with van der Waals surface area (Å²) in [6.07, 6.45) is 0. The van der Waals surface area contributed by atoms with Gasteiger partial charge in [0.2, 0.25) is 0 Å². The zero-order valence-electron chi connectivity index (χ0n) is 11.4. The third-order valence-corrected chi connectivity index (χ3v) is 4.52. The highest BCUT2D eigenvalue weighted by Gasteiger charge is 2.16. The Bertz CT molecular complexity index is 615. The van der Waals surface area contributed by atoms with Crippen LogP contribution in [-0.2, 0) is 0 Å². The predicted molar refractivity (Wildman–Crippen MR) is 86.6 cm³/mol. The van der Waals surface area contributed by atoms with E-state index in [4.69, 9.17) is 11.6 Å². The Kier molecular flexibility index (Phi) is 5.19. The van der Waals surface area contributed by atoms with E-state index < -0.39 is 5.82 Å². The summed E-state index contributed by atoms with van der Waals surface area (Å²) in [4.78, 5) is 0. The lowest BCUT2D eigenvalue weighted by atomic mass is 9.95. The van der Waals surface area contributed by atoms with Crippen molar-refractivity contribution in [3.05, 3.63) is 57.3 Å². The number of hydrogen-bond acceptors (Lipinski definition) is 1. The van der Waals surface area contributed by atoms with Crippen molar-refractivity contribution in [2.75, 3.05) is 6.54 Å².